The number of anilines is 2. The van der Waals surface area contributed by atoms with Crippen molar-refractivity contribution < 1.29 is 5.11 Å². The van der Waals surface area contributed by atoms with E-state index in [0.717, 1.165) is 12.1 Å². The number of aliphatic hydroxyl groups is 1. The maximum Gasteiger partial charge on any atom is 0.251 e. The molecular weight excluding hydrogens is 220 g/mol. The predicted molar refractivity (Wildman–Crippen MR) is 64.4 cm³/mol. The summed E-state index contributed by atoms with van der Waals surface area (Å²) in [5.74, 6) is 0.723. The number of hydrogen-bond donors (Lipinski definition) is 2. The van der Waals surface area contributed by atoms with Crippen molar-refractivity contribution in [3.05, 3.63) is 5.82 Å². The lowest BCUT2D eigenvalue weighted by Gasteiger charge is -2.28. The third-order valence-electron chi connectivity index (χ3n) is 2.55. The van der Waals surface area contributed by atoms with Crippen molar-refractivity contribution in [1.82, 2.24) is 15.0 Å². The molecule has 3 N–H and O–H groups in total. The Bertz CT molecular complexity index is 470. The molecule has 0 amide bonds. The van der Waals surface area contributed by atoms with Gasteiger partial charge in [0.05, 0.1) is 5.54 Å². The van der Waals surface area contributed by atoms with E-state index < -0.39 is 0 Å². The molecule has 1 aromatic heterocycles. The lowest BCUT2D eigenvalue weighted by atomic mass is 9.99. The molecule has 0 atom stereocenters. The van der Waals surface area contributed by atoms with E-state index in [-0.39, 0.29) is 23.9 Å². The molecule has 0 aromatic carbocycles. The molecule has 1 aliphatic heterocycles. The van der Waals surface area contributed by atoms with Crippen molar-refractivity contribution in [2.45, 2.75) is 39.3 Å². The zero-order valence-corrected chi connectivity index (χ0v) is 10.2. The van der Waals surface area contributed by atoms with Crippen molar-refractivity contribution in [2.75, 3.05) is 10.7 Å². The molecule has 1 aliphatic rings. The van der Waals surface area contributed by atoms with Gasteiger partial charge >= 0.3 is 0 Å². The first kappa shape index (κ1) is 11.7. The number of aromatic nitrogens is 3. The zero-order valence-electron chi connectivity index (χ0n) is 10.2. The molecule has 0 fully saturated rings. The Labute approximate surface area is 99.4 Å². The molecule has 0 spiro atoms. The minimum atomic E-state index is -0.267. The van der Waals surface area contributed by atoms with Crippen molar-refractivity contribution in [3.63, 3.8) is 0 Å². The first-order valence-electron chi connectivity index (χ1n) is 5.38. The highest BCUT2D eigenvalue weighted by atomic mass is 16.3. The number of aliphatic hydroxyl groups excluding tert-OH is 1. The summed E-state index contributed by atoms with van der Waals surface area (Å²) in [7, 11) is 0. The average Bonchev–Trinajstić information content (AvgIpc) is 2.51. The van der Waals surface area contributed by atoms with Gasteiger partial charge < -0.3 is 10.8 Å². The largest absolute Gasteiger partial charge is 0.388 e. The Balaban J connectivity index is 2.43. The molecule has 1 aromatic rings. The number of hydrogen-bond acceptors (Lipinski definition) is 7. The SMILES string of the molecule is CC1=NN(c2nc(N)nc(CO)n2)C(C)(C)C1. The summed E-state index contributed by atoms with van der Waals surface area (Å²) in [5.41, 5.74) is 6.40. The van der Waals surface area contributed by atoms with Gasteiger partial charge in [0.1, 0.15) is 6.61 Å². The van der Waals surface area contributed by atoms with Crippen LogP contribution in [0.4, 0.5) is 11.9 Å². The summed E-state index contributed by atoms with van der Waals surface area (Å²) >= 11 is 0. The molecule has 0 unspecified atom stereocenters. The molecule has 0 bridgehead atoms. The zero-order chi connectivity index (χ0) is 12.6. The van der Waals surface area contributed by atoms with Crippen LogP contribution in [0.25, 0.3) is 0 Å². The first-order valence-corrected chi connectivity index (χ1v) is 5.38. The molecule has 92 valence electrons. The van der Waals surface area contributed by atoms with Crippen molar-refractivity contribution in [3.8, 4) is 0 Å². The molecule has 2 rings (SSSR count). The Morgan fingerprint density at radius 3 is 2.59 bits per heavy atom. The Kier molecular flexibility index (Phi) is 2.70. The maximum absolute atomic E-state index is 9.05. The smallest absolute Gasteiger partial charge is 0.251 e. The van der Waals surface area contributed by atoms with E-state index in [0.29, 0.717) is 5.95 Å². The van der Waals surface area contributed by atoms with Crippen LogP contribution in [-0.4, -0.2) is 31.3 Å². The highest BCUT2D eigenvalue weighted by molar-refractivity contribution is 5.86. The molecular formula is C10H16N6O. The predicted octanol–water partition coefficient (Wildman–Crippen LogP) is 0.311. The Morgan fingerprint density at radius 1 is 1.35 bits per heavy atom. The first-order chi connectivity index (χ1) is 7.92. The van der Waals surface area contributed by atoms with Gasteiger partial charge in [-0.1, -0.05) is 0 Å². The third kappa shape index (κ3) is 2.19. The number of nitrogens with two attached hydrogens (primary N) is 1. The minimum absolute atomic E-state index is 0.0922. The molecule has 7 heteroatoms. The molecule has 0 aliphatic carbocycles. The van der Waals surface area contributed by atoms with E-state index in [9.17, 15) is 0 Å². The fourth-order valence-electron chi connectivity index (χ4n) is 1.95. The van der Waals surface area contributed by atoms with Crippen LogP contribution in [0.3, 0.4) is 0 Å². The molecule has 0 saturated carbocycles. The maximum atomic E-state index is 9.05. The van der Waals surface area contributed by atoms with Crippen LogP contribution in [-0.2, 0) is 6.61 Å². The normalized spacial score (nSPS) is 18.4. The number of hydrazone groups is 1. The highest BCUT2D eigenvalue weighted by Gasteiger charge is 2.35. The van der Waals surface area contributed by atoms with Crippen LogP contribution in [0.5, 0.6) is 0 Å². The van der Waals surface area contributed by atoms with Gasteiger partial charge in [0.2, 0.25) is 5.95 Å². The monoisotopic (exact) mass is 236 g/mol. The van der Waals surface area contributed by atoms with Crippen LogP contribution in [0.2, 0.25) is 0 Å². The van der Waals surface area contributed by atoms with Crippen molar-refractivity contribution in [1.29, 1.82) is 0 Å². The second kappa shape index (κ2) is 3.92. The topological polar surface area (TPSA) is 101 Å². The Morgan fingerprint density at radius 2 is 2.06 bits per heavy atom. The molecule has 0 saturated heterocycles. The van der Waals surface area contributed by atoms with E-state index in [1.165, 1.54) is 0 Å². The van der Waals surface area contributed by atoms with Crippen LogP contribution in [0.1, 0.15) is 33.0 Å². The minimum Gasteiger partial charge on any atom is -0.388 e. The van der Waals surface area contributed by atoms with Gasteiger partial charge in [-0.15, -0.1) is 0 Å². The summed E-state index contributed by atoms with van der Waals surface area (Å²) in [5, 5.41) is 15.2. The van der Waals surface area contributed by atoms with Crippen LogP contribution < -0.4 is 10.7 Å². The summed E-state index contributed by atoms with van der Waals surface area (Å²) in [6.45, 7) is 5.78. The van der Waals surface area contributed by atoms with E-state index in [2.05, 4.69) is 20.1 Å². The van der Waals surface area contributed by atoms with E-state index in [4.69, 9.17) is 10.8 Å². The third-order valence-corrected chi connectivity index (χ3v) is 2.55. The van der Waals surface area contributed by atoms with Crippen molar-refractivity contribution in [2.24, 2.45) is 5.10 Å². The Hall–Kier alpha value is -1.76. The standard InChI is InChI=1S/C10H16N6O/c1-6-4-10(2,3)16(15-6)9-13-7(5-17)12-8(11)14-9/h17H,4-5H2,1-3H3,(H2,11,12,13,14). The highest BCUT2D eigenvalue weighted by Crippen LogP contribution is 2.30. The summed E-state index contributed by atoms with van der Waals surface area (Å²) < 4.78 is 0. The average molecular weight is 236 g/mol. The van der Waals surface area contributed by atoms with E-state index in [1.54, 1.807) is 5.01 Å². The summed E-state index contributed by atoms with van der Waals surface area (Å²) in [6.07, 6.45) is 0.840. The van der Waals surface area contributed by atoms with Gasteiger partial charge in [-0.2, -0.15) is 20.1 Å². The van der Waals surface area contributed by atoms with Crippen LogP contribution in [0.15, 0.2) is 5.10 Å². The molecule has 17 heavy (non-hydrogen) atoms. The summed E-state index contributed by atoms with van der Waals surface area (Å²) in [6, 6.07) is 0. The van der Waals surface area contributed by atoms with Crippen LogP contribution >= 0.6 is 0 Å². The van der Waals surface area contributed by atoms with Gasteiger partial charge in [-0.05, 0) is 20.8 Å². The number of nitrogen functional groups attached to an aromatic ring is 1. The lowest BCUT2D eigenvalue weighted by molar-refractivity contribution is 0.271. The van der Waals surface area contributed by atoms with E-state index >= 15 is 0 Å². The van der Waals surface area contributed by atoms with E-state index in [1.807, 2.05) is 20.8 Å². The van der Waals surface area contributed by atoms with Crippen LogP contribution in [0, 0.1) is 0 Å². The fraction of sp³-hybridized carbons (Fsp3) is 0.600. The second-order valence-electron chi connectivity index (χ2n) is 4.70. The molecule has 0 radical (unpaired) electrons. The number of nitrogens with zero attached hydrogens (tertiary/aromatic N) is 5. The fourth-order valence-corrected chi connectivity index (χ4v) is 1.95. The van der Waals surface area contributed by atoms with Gasteiger partial charge in [0.25, 0.3) is 5.95 Å². The van der Waals surface area contributed by atoms with Gasteiger partial charge in [0.15, 0.2) is 5.82 Å². The van der Waals surface area contributed by atoms with Gasteiger partial charge in [-0.25, -0.2) is 5.01 Å². The lowest BCUT2D eigenvalue weighted by Crippen LogP contribution is -2.37. The molecule has 7 nitrogen and oxygen atoms in total. The second-order valence-corrected chi connectivity index (χ2v) is 4.70. The van der Waals surface area contributed by atoms with Crippen molar-refractivity contribution >= 4 is 17.6 Å². The van der Waals surface area contributed by atoms with Gasteiger partial charge in [0, 0.05) is 12.1 Å². The van der Waals surface area contributed by atoms with Gasteiger partial charge in [-0.3, -0.25) is 0 Å². The summed E-state index contributed by atoms with van der Waals surface area (Å²) in [4.78, 5) is 12.0. The quantitative estimate of drug-likeness (QED) is 0.766. The number of rotatable bonds is 2. The molecule has 2 heterocycles.